The fourth-order valence-corrected chi connectivity index (χ4v) is 2.37. The maximum atomic E-state index is 11.4. The number of fused-ring (bicyclic) bond motifs is 1. The van der Waals surface area contributed by atoms with Gasteiger partial charge in [0.25, 0.3) is 0 Å². The lowest BCUT2D eigenvalue weighted by Gasteiger charge is -2.14. The number of carbonyl (C=O) groups is 1. The van der Waals surface area contributed by atoms with Crippen LogP contribution in [0.3, 0.4) is 0 Å². The number of hydrogen-bond donors (Lipinski definition) is 2. The summed E-state index contributed by atoms with van der Waals surface area (Å²) in [5, 5.41) is 2.92. The summed E-state index contributed by atoms with van der Waals surface area (Å²) in [4.78, 5) is 11.4. The topological polar surface area (TPSA) is 64.3 Å². The number of benzene rings is 1. The molecule has 0 spiro atoms. The van der Waals surface area contributed by atoms with Gasteiger partial charge >= 0.3 is 0 Å². The van der Waals surface area contributed by atoms with E-state index in [0.717, 1.165) is 41.8 Å². The Balaban J connectivity index is 2.00. The first-order valence-corrected chi connectivity index (χ1v) is 5.88. The lowest BCUT2D eigenvalue weighted by Crippen LogP contribution is -2.25. The molecule has 17 heavy (non-hydrogen) atoms. The minimum absolute atomic E-state index is 0.0522. The van der Waals surface area contributed by atoms with E-state index in [1.165, 1.54) is 0 Å². The zero-order chi connectivity index (χ0) is 12.0. The van der Waals surface area contributed by atoms with Crippen LogP contribution in [0.4, 0.5) is 5.69 Å². The molecular formula is C13H16N2O2. The van der Waals surface area contributed by atoms with Gasteiger partial charge in [-0.25, -0.2) is 0 Å². The fraction of sp³-hybridized carbons (Fsp3) is 0.462. The number of carbonyl (C=O) groups excluding carboxylic acids is 1. The highest BCUT2D eigenvalue weighted by molar-refractivity contribution is 6.00. The van der Waals surface area contributed by atoms with E-state index in [2.05, 4.69) is 5.32 Å². The summed E-state index contributed by atoms with van der Waals surface area (Å²) in [6.07, 6.45) is 3.38. The van der Waals surface area contributed by atoms with E-state index < -0.39 is 0 Å². The van der Waals surface area contributed by atoms with Gasteiger partial charge in [-0.3, -0.25) is 4.79 Å². The summed E-state index contributed by atoms with van der Waals surface area (Å²) in [5.41, 5.74) is 9.16. The zero-order valence-electron chi connectivity index (χ0n) is 9.88. The molecule has 1 aromatic carbocycles. The number of hydrogen-bond acceptors (Lipinski definition) is 3. The number of methoxy groups -OCH3 is 1. The smallest absolute Gasteiger partial charge is 0.228 e. The van der Waals surface area contributed by atoms with Crippen molar-refractivity contribution in [3.05, 3.63) is 23.3 Å². The highest BCUT2D eigenvalue weighted by Crippen LogP contribution is 2.40. The number of nitrogens with one attached hydrogen (secondary N) is 1. The Bertz CT molecular complexity index is 492. The lowest BCUT2D eigenvalue weighted by molar-refractivity contribution is -0.115. The molecular weight excluding hydrogens is 216 g/mol. The Morgan fingerprint density at radius 1 is 1.47 bits per heavy atom. The SMILES string of the molecule is COc1cc2c(c(CC3(N)CC3)c1)NC(=O)C2. The first kappa shape index (κ1) is 10.6. The molecule has 0 bridgehead atoms. The molecule has 0 unspecified atom stereocenters. The molecule has 4 nitrogen and oxygen atoms in total. The zero-order valence-corrected chi connectivity index (χ0v) is 9.88. The summed E-state index contributed by atoms with van der Waals surface area (Å²) < 4.78 is 5.27. The van der Waals surface area contributed by atoms with Crippen LogP contribution in [0.2, 0.25) is 0 Å². The summed E-state index contributed by atoms with van der Waals surface area (Å²) in [5.74, 6) is 0.857. The van der Waals surface area contributed by atoms with Gasteiger partial charge in [0.15, 0.2) is 0 Å². The Labute approximate surface area is 100 Å². The Morgan fingerprint density at radius 3 is 2.88 bits per heavy atom. The van der Waals surface area contributed by atoms with Crippen molar-refractivity contribution in [2.24, 2.45) is 5.73 Å². The largest absolute Gasteiger partial charge is 0.497 e. The summed E-state index contributed by atoms with van der Waals surface area (Å²) in [6, 6.07) is 3.91. The molecule has 2 aliphatic rings. The van der Waals surface area contributed by atoms with Crippen LogP contribution in [0.1, 0.15) is 24.0 Å². The Morgan fingerprint density at radius 2 is 2.24 bits per heavy atom. The molecule has 3 N–H and O–H groups in total. The highest BCUT2D eigenvalue weighted by Gasteiger charge is 2.39. The van der Waals surface area contributed by atoms with Crippen molar-refractivity contribution in [2.75, 3.05) is 12.4 Å². The first-order chi connectivity index (χ1) is 8.09. The van der Waals surface area contributed by atoms with E-state index in [4.69, 9.17) is 10.5 Å². The second kappa shape index (κ2) is 3.47. The van der Waals surface area contributed by atoms with Crippen molar-refractivity contribution < 1.29 is 9.53 Å². The van der Waals surface area contributed by atoms with Crippen molar-refractivity contribution >= 4 is 11.6 Å². The molecule has 1 aliphatic heterocycles. The van der Waals surface area contributed by atoms with E-state index in [1.54, 1.807) is 7.11 Å². The van der Waals surface area contributed by atoms with Gasteiger partial charge in [0.05, 0.1) is 13.5 Å². The average Bonchev–Trinajstić information content (AvgIpc) is 2.87. The van der Waals surface area contributed by atoms with Crippen LogP contribution in [-0.2, 0) is 17.6 Å². The van der Waals surface area contributed by atoms with Crippen LogP contribution in [0.15, 0.2) is 12.1 Å². The van der Waals surface area contributed by atoms with Crippen LogP contribution in [-0.4, -0.2) is 18.6 Å². The van der Waals surface area contributed by atoms with Gasteiger partial charge in [-0.05, 0) is 42.5 Å². The number of ether oxygens (including phenoxy) is 1. The van der Waals surface area contributed by atoms with Crippen LogP contribution in [0.5, 0.6) is 5.75 Å². The molecule has 0 saturated heterocycles. The normalized spacial score (nSPS) is 19.8. The predicted molar refractivity (Wildman–Crippen MR) is 65.2 cm³/mol. The third-order valence-electron chi connectivity index (χ3n) is 3.56. The van der Waals surface area contributed by atoms with Gasteiger partial charge in [0.1, 0.15) is 5.75 Å². The van der Waals surface area contributed by atoms with Crippen molar-refractivity contribution in [3.8, 4) is 5.75 Å². The summed E-state index contributed by atoms with van der Waals surface area (Å²) in [7, 11) is 1.64. The summed E-state index contributed by atoms with van der Waals surface area (Å²) >= 11 is 0. The fourth-order valence-electron chi connectivity index (χ4n) is 2.37. The molecule has 1 saturated carbocycles. The van der Waals surface area contributed by atoms with E-state index in [-0.39, 0.29) is 11.4 Å². The van der Waals surface area contributed by atoms with Crippen molar-refractivity contribution in [3.63, 3.8) is 0 Å². The number of amides is 1. The molecule has 1 heterocycles. The van der Waals surface area contributed by atoms with Crippen LogP contribution in [0, 0.1) is 0 Å². The number of anilines is 1. The van der Waals surface area contributed by atoms with E-state index in [0.29, 0.717) is 6.42 Å². The van der Waals surface area contributed by atoms with E-state index in [1.807, 2.05) is 12.1 Å². The highest BCUT2D eigenvalue weighted by atomic mass is 16.5. The number of nitrogens with two attached hydrogens (primary N) is 1. The van der Waals surface area contributed by atoms with Gasteiger partial charge in [-0.15, -0.1) is 0 Å². The Kier molecular flexibility index (Phi) is 2.16. The molecule has 1 amide bonds. The lowest BCUT2D eigenvalue weighted by atomic mass is 9.99. The van der Waals surface area contributed by atoms with Gasteiger partial charge in [-0.2, -0.15) is 0 Å². The second-order valence-electron chi connectivity index (χ2n) is 5.08. The van der Waals surface area contributed by atoms with Crippen molar-refractivity contribution in [1.82, 2.24) is 0 Å². The van der Waals surface area contributed by atoms with Crippen LogP contribution >= 0.6 is 0 Å². The second-order valence-corrected chi connectivity index (χ2v) is 5.08. The van der Waals surface area contributed by atoms with Gasteiger partial charge in [0, 0.05) is 11.2 Å². The predicted octanol–water partition coefficient (Wildman–Crippen LogP) is 1.22. The molecule has 0 atom stereocenters. The molecule has 3 rings (SSSR count). The third kappa shape index (κ3) is 1.89. The minimum Gasteiger partial charge on any atom is -0.497 e. The van der Waals surface area contributed by atoms with Crippen LogP contribution in [0.25, 0.3) is 0 Å². The quantitative estimate of drug-likeness (QED) is 0.823. The van der Waals surface area contributed by atoms with Gasteiger partial charge in [0.2, 0.25) is 5.91 Å². The van der Waals surface area contributed by atoms with Gasteiger partial charge < -0.3 is 15.8 Å². The van der Waals surface area contributed by atoms with Gasteiger partial charge in [-0.1, -0.05) is 0 Å². The minimum atomic E-state index is -0.0621. The Hall–Kier alpha value is -1.55. The molecule has 4 heteroatoms. The monoisotopic (exact) mass is 232 g/mol. The standard InChI is InChI=1S/C13H16N2O2/c1-17-10-4-8-6-11(16)15-12(8)9(5-10)7-13(14)2-3-13/h4-5H,2-3,6-7,14H2,1H3,(H,15,16). The number of rotatable bonds is 3. The maximum absolute atomic E-state index is 11.4. The molecule has 90 valence electrons. The first-order valence-electron chi connectivity index (χ1n) is 5.88. The maximum Gasteiger partial charge on any atom is 0.228 e. The van der Waals surface area contributed by atoms with E-state index in [9.17, 15) is 4.79 Å². The van der Waals surface area contributed by atoms with Crippen molar-refractivity contribution in [1.29, 1.82) is 0 Å². The molecule has 0 aromatic heterocycles. The molecule has 1 fully saturated rings. The molecule has 0 radical (unpaired) electrons. The third-order valence-corrected chi connectivity index (χ3v) is 3.56. The van der Waals surface area contributed by atoms with Crippen LogP contribution < -0.4 is 15.8 Å². The molecule has 1 aliphatic carbocycles. The van der Waals surface area contributed by atoms with Crippen molar-refractivity contribution in [2.45, 2.75) is 31.2 Å². The average molecular weight is 232 g/mol. The molecule has 1 aromatic rings. The summed E-state index contributed by atoms with van der Waals surface area (Å²) in [6.45, 7) is 0. The van der Waals surface area contributed by atoms with E-state index >= 15 is 0 Å².